The molecule has 102 valence electrons. The van der Waals surface area contributed by atoms with Crippen LogP contribution in [-0.4, -0.2) is 13.0 Å². The molecule has 0 aliphatic heterocycles. The van der Waals surface area contributed by atoms with Crippen LogP contribution in [0.1, 0.15) is 48.6 Å². The van der Waals surface area contributed by atoms with Gasteiger partial charge in [-0.05, 0) is 56.2 Å². The lowest BCUT2D eigenvalue weighted by atomic mass is 9.82. The molecule has 0 saturated heterocycles. The summed E-state index contributed by atoms with van der Waals surface area (Å²) in [6.45, 7) is 2.09. The quantitative estimate of drug-likeness (QED) is 0.849. The van der Waals surface area contributed by atoms with Gasteiger partial charge in [0.2, 0.25) is 5.92 Å². The zero-order valence-corrected chi connectivity index (χ0v) is 11.8. The van der Waals surface area contributed by atoms with Gasteiger partial charge >= 0.3 is 0 Å². The topological polar surface area (TPSA) is 12.0 Å². The molecule has 1 aliphatic rings. The van der Waals surface area contributed by atoms with E-state index in [1.165, 1.54) is 10.4 Å². The van der Waals surface area contributed by atoms with Crippen LogP contribution in [0.5, 0.6) is 0 Å². The van der Waals surface area contributed by atoms with Crippen LogP contribution in [0.15, 0.2) is 11.4 Å². The summed E-state index contributed by atoms with van der Waals surface area (Å²) in [7, 11) is 1.92. The van der Waals surface area contributed by atoms with E-state index in [2.05, 4.69) is 23.7 Å². The second-order valence-corrected chi connectivity index (χ2v) is 6.31. The Morgan fingerprint density at radius 2 is 2.33 bits per heavy atom. The highest BCUT2D eigenvalue weighted by molar-refractivity contribution is 7.10. The van der Waals surface area contributed by atoms with Gasteiger partial charge in [0, 0.05) is 23.8 Å². The molecule has 1 N–H and O–H groups in total. The van der Waals surface area contributed by atoms with Crippen LogP contribution in [0.3, 0.4) is 0 Å². The Bertz CT molecular complexity index is 389. The van der Waals surface area contributed by atoms with Crippen molar-refractivity contribution >= 4 is 11.3 Å². The van der Waals surface area contributed by atoms with Crippen molar-refractivity contribution in [3.63, 3.8) is 0 Å². The van der Waals surface area contributed by atoms with E-state index in [1.54, 1.807) is 11.3 Å². The van der Waals surface area contributed by atoms with Gasteiger partial charge in [0.05, 0.1) is 0 Å². The first kappa shape index (κ1) is 13.9. The number of rotatable bonds is 4. The van der Waals surface area contributed by atoms with Gasteiger partial charge in [-0.1, -0.05) is 0 Å². The molecule has 0 amide bonds. The van der Waals surface area contributed by atoms with Crippen LogP contribution in [0.2, 0.25) is 0 Å². The molecule has 1 fully saturated rings. The fourth-order valence-corrected chi connectivity index (χ4v) is 3.96. The first-order valence-corrected chi connectivity index (χ1v) is 7.49. The van der Waals surface area contributed by atoms with E-state index in [9.17, 15) is 8.78 Å². The summed E-state index contributed by atoms with van der Waals surface area (Å²) in [6, 6.07) is 2.32. The highest BCUT2D eigenvalue weighted by atomic mass is 32.1. The molecule has 2 unspecified atom stereocenters. The fraction of sp³-hybridized carbons (Fsp3) is 0.714. The van der Waals surface area contributed by atoms with E-state index in [-0.39, 0.29) is 24.8 Å². The maximum absolute atomic E-state index is 13.4. The van der Waals surface area contributed by atoms with Crippen LogP contribution in [-0.2, 0) is 0 Å². The second-order valence-electron chi connectivity index (χ2n) is 5.36. The standard InChI is InChI=1S/C14H21F2NS/c1-10-5-7-18-13(10)12(17-2)8-11-4-3-6-14(15,16)9-11/h5,7,11-12,17H,3-4,6,8-9H2,1-2H3. The van der Waals surface area contributed by atoms with E-state index >= 15 is 0 Å². The van der Waals surface area contributed by atoms with Gasteiger partial charge < -0.3 is 5.32 Å². The van der Waals surface area contributed by atoms with Crippen molar-refractivity contribution in [1.29, 1.82) is 0 Å². The maximum Gasteiger partial charge on any atom is 0.248 e. The average molecular weight is 273 g/mol. The van der Waals surface area contributed by atoms with Crippen LogP contribution in [0.25, 0.3) is 0 Å². The minimum absolute atomic E-state index is 0.0651. The second kappa shape index (κ2) is 5.66. The average Bonchev–Trinajstić information content (AvgIpc) is 2.71. The van der Waals surface area contributed by atoms with Crippen molar-refractivity contribution in [1.82, 2.24) is 5.32 Å². The first-order chi connectivity index (χ1) is 8.52. The molecule has 0 aromatic carbocycles. The summed E-state index contributed by atoms with van der Waals surface area (Å²) in [5.41, 5.74) is 1.27. The molecule has 1 nitrogen and oxygen atoms in total. The summed E-state index contributed by atoms with van der Waals surface area (Å²) < 4.78 is 26.8. The Morgan fingerprint density at radius 1 is 1.56 bits per heavy atom. The predicted octanol–water partition coefficient (Wildman–Crippen LogP) is 4.53. The third kappa shape index (κ3) is 3.29. The maximum atomic E-state index is 13.4. The normalized spacial score (nSPS) is 25.0. The molecule has 1 saturated carbocycles. The number of alkyl halides is 2. The number of halogens is 2. The monoisotopic (exact) mass is 273 g/mol. The number of hydrogen-bond acceptors (Lipinski definition) is 2. The van der Waals surface area contributed by atoms with Crippen molar-refractivity contribution in [3.8, 4) is 0 Å². The molecule has 18 heavy (non-hydrogen) atoms. The fourth-order valence-electron chi connectivity index (χ4n) is 2.91. The van der Waals surface area contributed by atoms with Gasteiger partial charge in [-0.15, -0.1) is 11.3 Å². The van der Waals surface area contributed by atoms with Crippen molar-refractivity contribution in [2.75, 3.05) is 7.05 Å². The third-order valence-corrected chi connectivity index (χ3v) is 5.01. The molecule has 0 spiro atoms. The summed E-state index contributed by atoms with van der Waals surface area (Å²) in [6.07, 6.45) is 2.57. The smallest absolute Gasteiger partial charge is 0.248 e. The highest BCUT2D eigenvalue weighted by Crippen LogP contribution is 2.41. The van der Waals surface area contributed by atoms with Crippen molar-refractivity contribution < 1.29 is 8.78 Å². The Labute approximate surface area is 112 Å². The highest BCUT2D eigenvalue weighted by Gasteiger charge is 2.37. The lowest BCUT2D eigenvalue weighted by Crippen LogP contribution is -2.29. The van der Waals surface area contributed by atoms with Gasteiger partial charge in [-0.25, -0.2) is 8.78 Å². The van der Waals surface area contributed by atoms with Gasteiger partial charge in [0.25, 0.3) is 0 Å². The largest absolute Gasteiger partial charge is 0.312 e. The molecule has 1 aromatic heterocycles. The van der Waals surface area contributed by atoms with E-state index in [0.29, 0.717) is 6.42 Å². The zero-order valence-electron chi connectivity index (χ0n) is 11.0. The lowest BCUT2D eigenvalue weighted by Gasteiger charge is -2.31. The van der Waals surface area contributed by atoms with Gasteiger partial charge in [0.15, 0.2) is 0 Å². The molecule has 0 radical (unpaired) electrons. The van der Waals surface area contributed by atoms with Crippen molar-refractivity contribution in [2.45, 2.75) is 51.0 Å². The molecule has 1 aliphatic carbocycles. The molecule has 0 bridgehead atoms. The predicted molar refractivity (Wildman–Crippen MR) is 72.4 cm³/mol. The summed E-state index contributed by atoms with van der Waals surface area (Å²) >= 11 is 1.72. The zero-order chi connectivity index (χ0) is 13.2. The van der Waals surface area contributed by atoms with Crippen LogP contribution in [0.4, 0.5) is 8.78 Å². The minimum Gasteiger partial charge on any atom is -0.312 e. The van der Waals surface area contributed by atoms with E-state index < -0.39 is 5.92 Å². The molecule has 2 atom stereocenters. The lowest BCUT2D eigenvalue weighted by molar-refractivity contribution is -0.0547. The minimum atomic E-state index is -2.44. The summed E-state index contributed by atoms with van der Waals surface area (Å²) in [5, 5.41) is 5.36. The number of hydrogen-bond donors (Lipinski definition) is 1. The molecule has 1 heterocycles. The molecule has 2 rings (SSSR count). The van der Waals surface area contributed by atoms with E-state index in [0.717, 1.165) is 12.8 Å². The molecule has 4 heteroatoms. The number of thiophene rings is 1. The van der Waals surface area contributed by atoms with Crippen molar-refractivity contribution in [2.24, 2.45) is 5.92 Å². The molecule has 1 aromatic rings. The van der Waals surface area contributed by atoms with Gasteiger partial charge in [-0.2, -0.15) is 0 Å². The number of aryl methyl sites for hydroxylation is 1. The van der Waals surface area contributed by atoms with E-state index in [4.69, 9.17) is 0 Å². The van der Waals surface area contributed by atoms with Crippen LogP contribution in [0, 0.1) is 12.8 Å². The number of nitrogens with one attached hydrogen (secondary N) is 1. The Balaban J connectivity index is 2.01. The SMILES string of the molecule is CNC(CC1CCCC(F)(F)C1)c1sccc1C. The Morgan fingerprint density at radius 3 is 2.89 bits per heavy atom. The molecular formula is C14H21F2NS. The van der Waals surface area contributed by atoms with Crippen molar-refractivity contribution in [3.05, 3.63) is 21.9 Å². The summed E-state index contributed by atoms with van der Waals surface area (Å²) in [4.78, 5) is 1.30. The van der Waals surface area contributed by atoms with E-state index in [1.807, 2.05) is 7.05 Å². The van der Waals surface area contributed by atoms with Crippen LogP contribution >= 0.6 is 11.3 Å². The van der Waals surface area contributed by atoms with Gasteiger partial charge in [-0.3, -0.25) is 0 Å². The molecular weight excluding hydrogens is 252 g/mol. The van der Waals surface area contributed by atoms with Crippen LogP contribution < -0.4 is 5.32 Å². The van der Waals surface area contributed by atoms with Gasteiger partial charge in [0.1, 0.15) is 0 Å². The Hall–Kier alpha value is -0.480. The summed E-state index contributed by atoms with van der Waals surface area (Å²) in [5.74, 6) is -2.29. The third-order valence-electron chi connectivity index (χ3n) is 3.88. The first-order valence-electron chi connectivity index (χ1n) is 6.61. The Kier molecular flexibility index (Phi) is 4.38.